The van der Waals surface area contributed by atoms with E-state index in [9.17, 15) is 4.79 Å². The molecule has 1 unspecified atom stereocenters. The molecule has 3 rings (SSSR count). The van der Waals surface area contributed by atoms with Crippen molar-refractivity contribution in [2.24, 2.45) is 5.92 Å². The number of piperidine rings is 1. The van der Waals surface area contributed by atoms with Crippen molar-refractivity contribution >= 4 is 5.91 Å². The molecule has 0 spiro atoms. The van der Waals surface area contributed by atoms with Crippen LogP contribution in [-0.4, -0.2) is 41.1 Å². The van der Waals surface area contributed by atoms with E-state index in [1.54, 1.807) is 0 Å². The van der Waals surface area contributed by atoms with Gasteiger partial charge in [0.1, 0.15) is 0 Å². The Balaban J connectivity index is 1.39. The van der Waals surface area contributed by atoms with E-state index < -0.39 is 0 Å². The smallest absolute Gasteiger partial charge is 0.231 e. The molecule has 1 atom stereocenters. The maximum atomic E-state index is 12.0. The van der Waals surface area contributed by atoms with Gasteiger partial charge in [0.15, 0.2) is 5.82 Å². The maximum absolute atomic E-state index is 12.0. The summed E-state index contributed by atoms with van der Waals surface area (Å²) in [5, 5.41) is 6.83. The van der Waals surface area contributed by atoms with Gasteiger partial charge in [-0.15, -0.1) is 0 Å². The monoisotopic (exact) mass is 342 g/mol. The minimum absolute atomic E-state index is 0.0580. The summed E-state index contributed by atoms with van der Waals surface area (Å²) < 4.78 is 5.25. The van der Waals surface area contributed by atoms with Crippen molar-refractivity contribution in [1.82, 2.24) is 20.4 Å². The predicted molar refractivity (Wildman–Crippen MR) is 94.8 cm³/mol. The number of amides is 1. The fourth-order valence-electron chi connectivity index (χ4n) is 3.31. The van der Waals surface area contributed by atoms with E-state index in [0.717, 1.165) is 18.5 Å². The quantitative estimate of drug-likeness (QED) is 0.836. The SMILES string of the molecule is CN1CCCC(CCC(=O)NCc2noc(Cc3ccccc3)n2)C1. The zero-order valence-corrected chi connectivity index (χ0v) is 14.8. The highest BCUT2D eigenvalue weighted by Crippen LogP contribution is 2.19. The minimum atomic E-state index is 0.0580. The molecule has 1 aliphatic rings. The van der Waals surface area contributed by atoms with Crippen LogP contribution in [0.1, 0.15) is 43.0 Å². The molecule has 1 N–H and O–H groups in total. The summed E-state index contributed by atoms with van der Waals surface area (Å²) in [4.78, 5) is 18.7. The highest BCUT2D eigenvalue weighted by molar-refractivity contribution is 5.75. The van der Waals surface area contributed by atoms with Crippen molar-refractivity contribution < 1.29 is 9.32 Å². The van der Waals surface area contributed by atoms with Gasteiger partial charge >= 0.3 is 0 Å². The molecule has 6 heteroatoms. The first kappa shape index (κ1) is 17.6. The average molecular weight is 342 g/mol. The number of aromatic nitrogens is 2. The first-order valence-corrected chi connectivity index (χ1v) is 8.99. The molecule has 2 heterocycles. The van der Waals surface area contributed by atoms with Crippen LogP contribution in [-0.2, 0) is 17.8 Å². The molecule has 1 fully saturated rings. The Morgan fingerprint density at radius 1 is 1.36 bits per heavy atom. The summed E-state index contributed by atoms with van der Waals surface area (Å²) in [7, 11) is 2.15. The van der Waals surface area contributed by atoms with Crippen LogP contribution in [0.3, 0.4) is 0 Å². The third-order valence-corrected chi connectivity index (χ3v) is 4.65. The van der Waals surface area contributed by atoms with Crippen LogP contribution in [0.25, 0.3) is 0 Å². The van der Waals surface area contributed by atoms with Crippen molar-refractivity contribution in [1.29, 1.82) is 0 Å². The van der Waals surface area contributed by atoms with Crippen LogP contribution < -0.4 is 5.32 Å². The largest absolute Gasteiger partial charge is 0.349 e. The topological polar surface area (TPSA) is 71.3 Å². The van der Waals surface area contributed by atoms with E-state index in [1.165, 1.54) is 19.4 Å². The molecule has 0 aliphatic carbocycles. The number of hydrogen-bond donors (Lipinski definition) is 1. The maximum Gasteiger partial charge on any atom is 0.231 e. The van der Waals surface area contributed by atoms with Gasteiger partial charge in [0, 0.05) is 13.0 Å². The van der Waals surface area contributed by atoms with Crippen LogP contribution in [0.15, 0.2) is 34.9 Å². The van der Waals surface area contributed by atoms with Gasteiger partial charge in [0.2, 0.25) is 11.8 Å². The fraction of sp³-hybridized carbons (Fsp3) is 0.526. The highest BCUT2D eigenvalue weighted by atomic mass is 16.5. The second-order valence-electron chi connectivity index (χ2n) is 6.85. The van der Waals surface area contributed by atoms with Crippen molar-refractivity contribution in [3.05, 3.63) is 47.6 Å². The van der Waals surface area contributed by atoms with Gasteiger partial charge in [-0.3, -0.25) is 4.79 Å². The van der Waals surface area contributed by atoms with Crippen LogP contribution in [0.4, 0.5) is 0 Å². The Labute approximate surface area is 148 Å². The molecule has 6 nitrogen and oxygen atoms in total. The molecule has 1 aromatic heterocycles. The number of carbonyl (C=O) groups is 1. The van der Waals surface area contributed by atoms with Crippen molar-refractivity contribution in [3.8, 4) is 0 Å². The van der Waals surface area contributed by atoms with Gasteiger partial charge in [-0.1, -0.05) is 35.5 Å². The average Bonchev–Trinajstić information content (AvgIpc) is 3.06. The summed E-state index contributed by atoms with van der Waals surface area (Å²) in [6.45, 7) is 2.59. The van der Waals surface area contributed by atoms with Gasteiger partial charge < -0.3 is 14.7 Å². The second kappa shape index (κ2) is 8.76. The number of likely N-dealkylation sites (tertiary alicyclic amines) is 1. The Hall–Kier alpha value is -2.21. The lowest BCUT2D eigenvalue weighted by atomic mass is 9.93. The number of hydrogen-bond acceptors (Lipinski definition) is 5. The number of nitrogens with zero attached hydrogens (tertiary/aromatic N) is 3. The van der Waals surface area contributed by atoms with Gasteiger partial charge in [0.25, 0.3) is 0 Å². The van der Waals surface area contributed by atoms with Crippen molar-refractivity contribution in [2.45, 2.75) is 38.6 Å². The van der Waals surface area contributed by atoms with Crippen molar-refractivity contribution in [2.75, 3.05) is 20.1 Å². The van der Waals surface area contributed by atoms with Crippen LogP contribution in [0, 0.1) is 5.92 Å². The van der Waals surface area contributed by atoms with E-state index in [0.29, 0.717) is 37.0 Å². The molecule has 1 saturated heterocycles. The van der Waals surface area contributed by atoms with Crippen LogP contribution in [0.2, 0.25) is 0 Å². The third kappa shape index (κ3) is 5.67. The molecule has 0 saturated carbocycles. The van der Waals surface area contributed by atoms with Gasteiger partial charge in [-0.05, 0) is 44.3 Å². The normalized spacial score (nSPS) is 18.2. The molecule has 0 radical (unpaired) electrons. The number of benzene rings is 1. The molecule has 134 valence electrons. The second-order valence-corrected chi connectivity index (χ2v) is 6.85. The lowest BCUT2D eigenvalue weighted by molar-refractivity contribution is -0.121. The third-order valence-electron chi connectivity index (χ3n) is 4.65. The van der Waals surface area contributed by atoms with E-state index >= 15 is 0 Å². The summed E-state index contributed by atoms with van der Waals surface area (Å²) in [6, 6.07) is 9.99. The number of rotatable bonds is 7. The van der Waals surface area contributed by atoms with E-state index in [1.807, 2.05) is 30.3 Å². The molecule has 1 aromatic carbocycles. The molecular weight excluding hydrogens is 316 g/mol. The Bertz CT molecular complexity index is 671. The van der Waals surface area contributed by atoms with Crippen LogP contribution in [0.5, 0.6) is 0 Å². The molecule has 1 amide bonds. The highest BCUT2D eigenvalue weighted by Gasteiger charge is 2.18. The predicted octanol–water partition coefficient (Wildman–Crippen LogP) is 2.40. The van der Waals surface area contributed by atoms with Crippen LogP contribution >= 0.6 is 0 Å². The van der Waals surface area contributed by atoms with Gasteiger partial charge in [-0.25, -0.2) is 0 Å². The summed E-state index contributed by atoms with van der Waals surface area (Å²) >= 11 is 0. The molecule has 1 aliphatic heterocycles. The lowest BCUT2D eigenvalue weighted by Gasteiger charge is -2.29. The minimum Gasteiger partial charge on any atom is -0.349 e. The molecule has 2 aromatic rings. The van der Waals surface area contributed by atoms with E-state index in [2.05, 4.69) is 27.4 Å². The molecule has 25 heavy (non-hydrogen) atoms. The number of nitrogens with one attached hydrogen (secondary N) is 1. The standard InChI is InChI=1S/C19H26N4O2/c1-23-11-5-8-16(14-23)9-10-18(24)20-13-17-21-19(25-22-17)12-15-6-3-2-4-7-15/h2-4,6-7,16H,5,8-14H2,1H3,(H,20,24). The summed E-state index contributed by atoms with van der Waals surface area (Å²) in [5.74, 6) is 1.78. The molecular formula is C19H26N4O2. The van der Waals surface area contributed by atoms with Gasteiger partial charge in [-0.2, -0.15) is 4.98 Å². The zero-order valence-electron chi connectivity index (χ0n) is 14.8. The first-order valence-electron chi connectivity index (χ1n) is 8.99. The zero-order chi connectivity index (χ0) is 17.5. The van der Waals surface area contributed by atoms with Crippen molar-refractivity contribution in [3.63, 3.8) is 0 Å². The molecule has 0 bridgehead atoms. The van der Waals surface area contributed by atoms with E-state index in [-0.39, 0.29) is 5.91 Å². The fourth-order valence-corrected chi connectivity index (χ4v) is 3.31. The summed E-state index contributed by atoms with van der Waals surface area (Å²) in [6.07, 6.45) is 4.58. The van der Waals surface area contributed by atoms with E-state index in [4.69, 9.17) is 4.52 Å². The lowest BCUT2D eigenvalue weighted by Crippen LogP contribution is -2.33. The summed E-state index contributed by atoms with van der Waals surface area (Å²) in [5.41, 5.74) is 1.12. The first-order chi connectivity index (χ1) is 12.2. The van der Waals surface area contributed by atoms with Gasteiger partial charge in [0.05, 0.1) is 13.0 Å². The Kier molecular flexibility index (Phi) is 6.17. The Morgan fingerprint density at radius 3 is 3.00 bits per heavy atom. The Morgan fingerprint density at radius 2 is 2.20 bits per heavy atom. The number of carbonyl (C=O) groups excluding carboxylic acids is 1.